The van der Waals surface area contributed by atoms with Crippen LogP contribution in [0.3, 0.4) is 0 Å². The van der Waals surface area contributed by atoms with Crippen molar-refractivity contribution in [3.8, 4) is 5.69 Å². The Bertz CT molecular complexity index is 1130. The predicted molar refractivity (Wildman–Crippen MR) is 127 cm³/mol. The van der Waals surface area contributed by atoms with Crippen molar-refractivity contribution in [2.45, 2.75) is 6.10 Å². The first-order chi connectivity index (χ1) is 15.9. The number of aromatic nitrogens is 2. The molecular formula is C24H28N6O3. The van der Waals surface area contributed by atoms with Crippen molar-refractivity contribution in [1.82, 2.24) is 14.7 Å². The highest BCUT2D eigenvalue weighted by Crippen LogP contribution is 2.22. The number of para-hydroxylation sites is 1. The van der Waals surface area contributed by atoms with Crippen molar-refractivity contribution < 1.29 is 14.3 Å². The largest absolute Gasteiger partial charge is 0.373 e. The number of morpholine rings is 1. The monoisotopic (exact) mass is 448 g/mol. The van der Waals surface area contributed by atoms with Crippen LogP contribution in [0.25, 0.3) is 5.69 Å². The minimum Gasteiger partial charge on any atom is -0.373 e. The summed E-state index contributed by atoms with van der Waals surface area (Å²) in [6, 6.07) is 16.7. The van der Waals surface area contributed by atoms with Gasteiger partial charge in [-0.15, -0.1) is 0 Å². The summed E-state index contributed by atoms with van der Waals surface area (Å²) in [5.74, 6) is -1.06. The Morgan fingerprint density at radius 1 is 1.15 bits per heavy atom. The summed E-state index contributed by atoms with van der Waals surface area (Å²) in [6.45, 7) is 2.97. The molecule has 1 fully saturated rings. The molecule has 0 bridgehead atoms. The van der Waals surface area contributed by atoms with Gasteiger partial charge in [0.25, 0.3) is 11.8 Å². The quantitative estimate of drug-likeness (QED) is 0.573. The van der Waals surface area contributed by atoms with Crippen molar-refractivity contribution in [2.24, 2.45) is 5.73 Å². The Morgan fingerprint density at radius 3 is 2.64 bits per heavy atom. The molecule has 4 rings (SSSR count). The summed E-state index contributed by atoms with van der Waals surface area (Å²) in [7, 11) is 4.04. The SMILES string of the molecule is CN(C)CC1CN(c2cccc(C(=O)Nc3cn(-c4ccccc4)nc3C(N)=O)c2)CCO1. The predicted octanol–water partition coefficient (Wildman–Crippen LogP) is 1.99. The molecule has 33 heavy (non-hydrogen) atoms. The molecule has 1 saturated heterocycles. The summed E-state index contributed by atoms with van der Waals surface area (Å²) >= 11 is 0. The second-order valence-electron chi connectivity index (χ2n) is 8.24. The Labute approximate surface area is 192 Å². The highest BCUT2D eigenvalue weighted by Gasteiger charge is 2.22. The van der Waals surface area contributed by atoms with Crippen LogP contribution in [0.1, 0.15) is 20.8 Å². The number of primary amides is 1. The summed E-state index contributed by atoms with van der Waals surface area (Å²) in [4.78, 5) is 29.3. The average molecular weight is 449 g/mol. The molecule has 1 atom stereocenters. The third-order valence-electron chi connectivity index (χ3n) is 5.40. The standard InChI is InChI=1S/C24H28N6O3/c1-28(2)14-20-15-29(11-12-33-20)19-10-6-7-17(13-19)24(32)26-21-16-30(27-22(21)23(25)31)18-8-4-3-5-9-18/h3-10,13,16,20H,11-12,14-15H2,1-2H3,(H2,25,31)(H,26,32). The maximum atomic E-state index is 13.0. The molecule has 1 aliphatic rings. The number of likely N-dealkylation sites (N-methyl/N-ethyl adjacent to an activating group) is 1. The van der Waals surface area contributed by atoms with E-state index in [4.69, 9.17) is 10.5 Å². The highest BCUT2D eigenvalue weighted by molar-refractivity contribution is 6.08. The fourth-order valence-corrected chi connectivity index (χ4v) is 3.87. The zero-order valence-corrected chi connectivity index (χ0v) is 18.8. The molecule has 0 spiro atoms. The first kappa shape index (κ1) is 22.5. The molecule has 2 amide bonds. The minimum atomic E-state index is -0.714. The summed E-state index contributed by atoms with van der Waals surface area (Å²) in [5.41, 5.74) is 7.95. The number of nitrogens with zero attached hydrogens (tertiary/aromatic N) is 4. The molecule has 0 saturated carbocycles. The molecule has 0 radical (unpaired) electrons. The van der Waals surface area contributed by atoms with E-state index in [1.54, 1.807) is 12.3 Å². The van der Waals surface area contributed by atoms with Crippen molar-refractivity contribution in [3.63, 3.8) is 0 Å². The van der Waals surface area contributed by atoms with E-state index in [0.29, 0.717) is 12.2 Å². The number of ether oxygens (including phenoxy) is 1. The Morgan fingerprint density at radius 2 is 1.91 bits per heavy atom. The van der Waals surface area contributed by atoms with Gasteiger partial charge in [0.15, 0.2) is 5.69 Å². The number of benzene rings is 2. The number of carbonyl (C=O) groups excluding carboxylic acids is 2. The summed E-state index contributed by atoms with van der Waals surface area (Å²) in [5, 5.41) is 7.04. The zero-order chi connectivity index (χ0) is 23.4. The van der Waals surface area contributed by atoms with E-state index in [-0.39, 0.29) is 23.4 Å². The van der Waals surface area contributed by atoms with E-state index in [9.17, 15) is 9.59 Å². The zero-order valence-electron chi connectivity index (χ0n) is 18.8. The topological polar surface area (TPSA) is 106 Å². The number of hydrogen-bond donors (Lipinski definition) is 2. The van der Waals surface area contributed by atoms with Crippen LogP contribution in [0.4, 0.5) is 11.4 Å². The lowest BCUT2D eigenvalue weighted by atomic mass is 10.1. The van der Waals surface area contributed by atoms with Gasteiger partial charge in [-0.05, 0) is 44.4 Å². The Hall–Kier alpha value is -3.69. The van der Waals surface area contributed by atoms with Gasteiger partial charge in [-0.1, -0.05) is 24.3 Å². The second-order valence-corrected chi connectivity index (χ2v) is 8.24. The highest BCUT2D eigenvalue weighted by atomic mass is 16.5. The Kier molecular flexibility index (Phi) is 6.71. The van der Waals surface area contributed by atoms with Crippen LogP contribution >= 0.6 is 0 Å². The maximum absolute atomic E-state index is 13.0. The van der Waals surface area contributed by atoms with Gasteiger partial charge in [-0.3, -0.25) is 9.59 Å². The molecule has 2 heterocycles. The lowest BCUT2D eigenvalue weighted by molar-refractivity contribution is 0.0248. The minimum absolute atomic E-state index is 0.00284. The average Bonchev–Trinajstić information content (AvgIpc) is 3.23. The lowest BCUT2D eigenvalue weighted by Crippen LogP contribution is -2.46. The van der Waals surface area contributed by atoms with Gasteiger partial charge in [-0.2, -0.15) is 5.10 Å². The van der Waals surface area contributed by atoms with Crippen LogP contribution in [-0.2, 0) is 4.74 Å². The first-order valence-electron chi connectivity index (χ1n) is 10.8. The number of nitrogens with two attached hydrogens (primary N) is 1. The van der Waals surface area contributed by atoms with Gasteiger partial charge in [0, 0.05) is 30.9 Å². The fraction of sp³-hybridized carbons (Fsp3) is 0.292. The van der Waals surface area contributed by atoms with Gasteiger partial charge in [-0.25, -0.2) is 4.68 Å². The van der Waals surface area contributed by atoms with E-state index >= 15 is 0 Å². The van der Waals surface area contributed by atoms with Gasteiger partial charge >= 0.3 is 0 Å². The van der Waals surface area contributed by atoms with Crippen molar-refractivity contribution in [2.75, 3.05) is 50.6 Å². The van der Waals surface area contributed by atoms with Crippen LogP contribution in [0.15, 0.2) is 60.8 Å². The van der Waals surface area contributed by atoms with Crippen LogP contribution < -0.4 is 16.0 Å². The van der Waals surface area contributed by atoms with E-state index < -0.39 is 5.91 Å². The van der Waals surface area contributed by atoms with Gasteiger partial charge in [0.05, 0.1) is 30.3 Å². The Balaban J connectivity index is 1.53. The number of anilines is 2. The molecule has 2 aromatic carbocycles. The van der Waals surface area contributed by atoms with Crippen molar-refractivity contribution in [3.05, 3.63) is 72.1 Å². The van der Waals surface area contributed by atoms with Crippen LogP contribution in [0, 0.1) is 0 Å². The maximum Gasteiger partial charge on any atom is 0.271 e. The van der Waals surface area contributed by atoms with Gasteiger partial charge in [0.2, 0.25) is 0 Å². The van der Waals surface area contributed by atoms with Crippen LogP contribution in [0.5, 0.6) is 0 Å². The number of hydrogen-bond acceptors (Lipinski definition) is 6. The van der Waals surface area contributed by atoms with E-state index in [1.165, 1.54) is 4.68 Å². The number of carbonyl (C=O) groups is 2. The molecular weight excluding hydrogens is 420 g/mol. The van der Waals surface area contributed by atoms with E-state index in [1.807, 2.05) is 62.6 Å². The normalized spacial score (nSPS) is 16.1. The number of rotatable bonds is 7. The van der Waals surface area contributed by atoms with E-state index in [0.717, 1.165) is 31.0 Å². The molecule has 1 aliphatic heterocycles. The fourth-order valence-electron chi connectivity index (χ4n) is 3.87. The first-order valence-corrected chi connectivity index (χ1v) is 10.8. The number of amides is 2. The smallest absolute Gasteiger partial charge is 0.271 e. The molecule has 172 valence electrons. The molecule has 3 aromatic rings. The molecule has 1 unspecified atom stereocenters. The molecule has 1 aromatic heterocycles. The second kappa shape index (κ2) is 9.85. The molecule has 3 N–H and O–H groups in total. The molecule has 9 heteroatoms. The van der Waals surface area contributed by atoms with E-state index in [2.05, 4.69) is 20.2 Å². The number of nitrogens with one attached hydrogen (secondary N) is 1. The van der Waals surface area contributed by atoms with Crippen LogP contribution in [-0.4, -0.2) is 72.9 Å². The summed E-state index contributed by atoms with van der Waals surface area (Å²) < 4.78 is 7.37. The van der Waals surface area contributed by atoms with Gasteiger partial charge in [0.1, 0.15) is 0 Å². The summed E-state index contributed by atoms with van der Waals surface area (Å²) in [6.07, 6.45) is 1.69. The van der Waals surface area contributed by atoms with Crippen molar-refractivity contribution in [1.29, 1.82) is 0 Å². The molecule has 0 aliphatic carbocycles. The third-order valence-corrected chi connectivity index (χ3v) is 5.40. The lowest BCUT2D eigenvalue weighted by Gasteiger charge is -2.35. The van der Waals surface area contributed by atoms with Crippen LogP contribution in [0.2, 0.25) is 0 Å². The van der Waals surface area contributed by atoms with Gasteiger partial charge < -0.3 is 25.6 Å². The third kappa shape index (κ3) is 5.39. The molecule has 9 nitrogen and oxygen atoms in total. The van der Waals surface area contributed by atoms with Crippen molar-refractivity contribution >= 4 is 23.2 Å².